The van der Waals surface area contributed by atoms with Crippen molar-refractivity contribution >= 4 is 33.3 Å². The molecule has 35 heavy (non-hydrogen) atoms. The molecular weight excluding hydrogens is 472 g/mol. The van der Waals surface area contributed by atoms with Gasteiger partial charge in [0, 0.05) is 17.4 Å². The Bertz CT molecular complexity index is 1350. The van der Waals surface area contributed by atoms with Crippen LogP contribution in [0.4, 0.5) is 11.4 Å². The third kappa shape index (κ3) is 6.10. The Morgan fingerprint density at radius 2 is 1.51 bits per heavy atom. The fourth-order valence-corrected chi connectivity index (χ4v) is 4.61. The maximum atomic E-state index is 12.7. The van der Waals surface area contributed by atoms with Gasteiger partial charge in [0.15, 0.2) is 18.1 Å². The molecular formula is C25H24N2O7S. The molecule has 0 saturated carbocycles. The van der Waals surface area contributed by atoms with Crippen LogP contribution in [0.15, 0.2) is 65.6 Å². The van der Waals surface area contributed by atoms with Crippen LogP contribution >= 0.6 is 0 Å². The lowest BCUT2D eigenvalue weighted by molar-refractivity contribution is -0.119. The van der Waals surface area contributed by atoms with Crippen LogP contribution in [0.25, 0.3) is 0 Å². The van der Waals surface area contributed by atoms with E-state index in [2.05, 4.69) is 10.0 Å². The fraction of sp³-hybridized carbons (Fsp3) is 0.200. The zero-order chi connectivity index (χ0) is 25.0. The van der Waals surface area contributed by atoms with E-state index in [9.17, 15) is 18.0 Å². The van der Waals surface area contributed by atoms with Crippen LogP contribution in [0.5, 0.6) is 11.5 Å². The molecule has 3 aromatic carbocycles. The van der Waals surface area contributed by atoms with Gasteiger partial charge >= 0.3 is 5.97 Å². The highest BCUT2D eigenvalue weighted by Crippen LogP contribution is 2.32. The number of carbonyl (C=O) groups excluding carboxylic acids is 2. The molecule has 2 N–H and O–H groups in total. The first-order valence-electron chi connectivity index (χ1n) is 10.8. The Balaban J connectivity index is 1.34. The molecule has 0 radical (unpaired) electrons. The summed E-state index contributed by atoms with van der Waals surface area (Å²) in [4.78, 5) is 24.4. The average Bonchev–Trinajstić information content (AvgIpc) is 2.82. The predicted octanol–water partition coefficient (Wildman–Crippen LogP) is 3.67. The van der Waals surface area contributed by atoms with Gasteiger partial charge < -0.3 is 19.5 Å². The van der Waals surface area contributed by atoms with Crippen molar-refractivity contribution in [1.82, 2.24) is 0 Å². The standard InChI is InChI=1S/C25H24N2O7S/c1-16-11-17(2)13-20(12-16)26-24(28)15-34-25(29)18-3-5-19(6-4-18)27-35(30,31)21-7-8-22-23(14-21)33-10-9-32-22/h3-8,11-14,27H,9-10,15H2,1-2H3,(H,26,28). The number of esters is 1. The first-order chi connectivity index (χ1) is 16.7. The number of anilines is 2. The third-order valence-electron chi connectivity index (χ3n) is 5.04. The van der Waals surface area contributed by atoms with Crippen molar-refractivity contribution in [1.29, 1.82) is 0 Å². The van der Waals surface area contributed by atoms with Gasteiger partial charge in [-0.3, -0.25) is 9.52 Å². The number of aryl methyl sites for hydroxylation is 2. The highest BCUT2D eigenvalue weighted by molar-refractivity contribution is 7.92. The third-order valence-corrected chi connectivity index (χ3v) is 6.42. The first-order valence-corrected chi connectivity index (χ1v) is 12.3. The lowest BCUT2D eigenvalue weighted by Crippen LogP contribution is -2.21. The molecule has 0 atom stereocenters. The molecule has 0 unspecified atom stereocenters. The van der Waals surface area contributed by atoms with Crippen molar-refractivity contribution in [3.8, 4) is 11.5 Å². The van der Waals surface area contributed by atoms with Gasteiger partial charge in [0.2, 0.25) is 0 Å². The number of amides is 1. The summed E-state index contributed by atoms with van der Waals surface area (Å²) in [6.07, 6.45) is 0. The van der Waals surface area contributed by atoms with E-state index in [4.69, 9.17) is 14.2 Å². The van der Waals surface area contributed by atoms with Crippen molar-refractivity contribution in [3.63, 3.8) is 0 Å². The number of sulfonamides is 1. The molecule has 9 nitrogen and oxygen atoms in total. The Morgan fingerprint density at radius 3 is 2.20 bits per heavy atom. The van der Waals surface area contributed by atoms with Crippen LogP contribution < -0.4 is 19.5 Å². The molecule has 1 aliphatic heterocycles. The summed E-state index contributed by atoms with van der Waals surface area (Å²) < 4.78 is 43.8. The molecule has 3 aromatic rings. The molecule has 0 saturated heterocycles. The van der Waals surface area contributed by atoms with Crippen LogP contribution in [0, 0.1) is 13.8 Å². The predicted molar refractivity (Wildman–Crippen MR) is 130 cm³/mol. The molecule has 1 aliphatic rings. The monoisotopic (exact) mass is 496 g/mol. The van der Waals surface area contributed by atoms with E-state index in [1.807, 2.05) is 32.0 Å². The van der Waals surface area contributed by atoms with E-state index in [0.29, 0.717) is 30.4 Å². The van der Waals surface area contributed by atoms with Gasteiger partial charge in [-0.1, -0.05) is 6.07 Å². The van der Waals surface area contributed by atoms with Gasteiger partial charge in [0.1, 0.15) is 13.2 Å². The topological polar surface area (TPSA) is 120 Å². The largest absolute Gasteiger partial charge is 0.486 e. The summed E-state index contributed by atoms with van der Waals surface area (Å²) >= 11 is 0. The van der Waals surface area contributed by atoms with E-state index >= 15 is 0 Å². The van der Waals surface area contributed by atoms with Crippen molar-refractivity contribution in [2.45, 2.75) is 18.7 Å². The van der Waals surface area contributed by atoms with Crippen LogP contribution in [0.2, 0.25) is 0 Å². The highest BCUT2D eigenvalue weighted by atomic mass is 32.2. The van der Waals surface area contributed by atoms with Crippen molar-refractivity contribution in [2.75, 3.05) is 29.9 Å². The number of carbonyl (C=O) groups is 2. The number of nitrogens with one attached hydrogen (secondary N) is 2. The molecule has 0 fully saturated rings. The van der Waals surface area contributed by atoms with Gasteiger partial charge in [-0.2, -0.15) is 0 Å². The fourth-order valence-electron chi connectivity index (χ4n) is 3.54. The highest BCUT2D eigenvalue weighted by Gasteiger charge is 2.20. The molecule has 1 amide bonds. The summed E-state index contributed by atoms with van der Waals surface area (Å²) in [5.41, 5.74) is 3.05. The van der Waals surface area contributed by atoms with Crippen LogP contribution in [0.3, 0.4) is 0 Å². The maximum Gasteiger partial charge on any atom is 0.338 e. The molecule has 4 rings (SSSR count). The van der Waals surface area contributed by atoms with E-state index < -0.39 is 28.5 Å². The Labute approximate surface area is 203 Å². The molecule has 10 heteroatoms. The average molecular weight is 497 g/mol. The van der Waals surface area contributed by atoms with Gasteiger partial charge in [0.25, 0.3) is 15.9 Å². The van der Waals surface area contributed by atoms with E-state index in [1.165, 1.54) is 36.4 Å². The van der Waals surface area contributed by atoms with Crippen LogP contribution in [-0.4, -0.2) is 40.1 Å². The molecule has 1 heterocycles. The molecule has 0 spiro atoms. The van der Waals surface area contributed by atoms with Crippen molar-refractivity contribution < 1.29 is 32.2 Å². The second-order valence-electron chi connectivity index (χ2n) is 7.99. The van der Waals surface area contributed by atoms with Crippen LogP contribution in [0.1, 0.15) is 21.5 Å². The van der Waals surface area contributed by atoms with Crippen molar-refractivity contribution in [2.24, 2.45) is 0 Å². The Kier molecular flexibility index (Phi) is 6.92. The van der Waals surface area contributed by atoms with Crippen molar-refractivity contribution in [3.05, 3.63) is 77.4 Å². The molecule has 182 valence electrons. The summed E-state index contributed by atoms with van der Waals surface area (Å²) in [7, 11) is -3.89. The number of benzene rings is 3. The quantitative estimate of drug-likeness (QED) is 0.479. The number of rotatable bonds is 7. The number of hydrogen-bond donors (Lipinski definition) is 2. The van der Waals surface area contributed by atoms with Gasteiger partial charge in [-0.15, -0.1) is 0 Å². The smallest absolute Gasteiger partial charge is 0.338 e. The maximum absolute atomic E-state index is 12.7. The number of fused-ring (bicyclic) bond motifs is 1. The number of ether oxygens (including phenoxy) is 3. The SMILES string of the molecule is Cc1cc(C)cc(NC(=O)COC(=O)c2ccc(NS(=O)(=O)c3ccc4c(c3)OCCO4)cc2)c1. The molecule has 0 aliphatic carbocycles. The zero-order valence-electron chi connectivity index (χ0n) is 19.2. The van der Waals surface area contributed by atoms with Gasteiger partial charge in [0.05, 0.1) is 10.5 Å². The van der Waals surface area contributed by atoms with E-state index in [0.717, 1.165) is 11.1 Å². The summed E-state index contributed by atoms with van der Waals surface area (Å²) in [5, 5.41) is 2.69. The summed E-state index contributed by atoms with van der Waals surface area (Å²) in [6.45, 7) is 4.13. The number of hydrogen-bond acceptors (Lipinski definition) is 7. The lowest BCUT2D eigenvalue weighted by Gasteiger charge is -2.19. The molecule has 0 bridgehead atoms. The summed E-state index contributed by atoms with van der Waals surface area (Å²) in [6, 6.07) is 15.7. The Morgan fingerprint density at radius 1 is 0.857 bits per heavy atom. The minimum atomic E-state index is -3.89. The second kappa shape index (κ2) is 10.1. The minimum absolute atomic E-state index is 0.0139. The van der Waals surface area contributed by atoms with Gasteiger partial charge in [-0.05, 0) is 73.5 Å². The Hall–Kier alpha value is -4.05. The normalized spacial score (nSPS) is 12.5. The van der Waals surface area contributed by atoms with Crippen LogP contribution in [-0.2, 0) is 19.6 Å². The second-order valence-corrected chi connectivity index (χ2v) is 9.67. The minimum Gasteiger partial charge on any atom is -0.486 e. The lowest BCUT2D eigenvalue weighted by atomic mass is 10.1. The zero-order valence-corrected chi connectivity index (χ0v) is 20.0. The summed E-state index contributed by atoms with van der Waals surface area (Å²) in [5.74, 6) is -0.325. The van der Waals surface area contributed by atoms with Gasteiger partial charge in [-0.25, -0.2) is 13.2 Å². The van der Waals surface area contributed by atoms with E-state index in [-0.39, 0.29) is 16.1 Å². The first kappa shape index (κ1) is 24.1. The molecule has 0 aromatic heterocycles. The van der Waals surface area contributed by atoms with E-state index in [1.54, 1.807) is 6.07 Å².